The van der Waals surface area contributed by atoms with Crippen LogP contribution in [0.2, 0.25) is 0 Å². The molecule has 3 aromatic heterocycles. The average Bonchev–Trinajstić information content (AvgIpc) is 3.56. The van der Waals surface area contributed by atoms with Crippen LogP contribution in [0.1, 0.15) is 23.5 Å². The number of hydrogen-bond acceptors (Lipinski definition) is 5. The second kappa shape index (κ2) is 7.99. The molecule has 0 aliphatic carbocycles. The second-order valence-electron chi connectivity index (χ2n) is 7.75. The molecule has 6 nitrogen and oxygen atoms in total. The molecule has 1 saturated heterocycles. The molecule has 4 heterocycles. The summed E-state index contributed by atoms with van der Waals surface area (Å²) in [5.74, 6) is 0.173. The van der Waals surface area contributed by atoms with E-state index in [0.717, 1.165) is 26.7 Å². The molecular weight excluding hydrogens is 450 g/mol. The van der Waals surface area contributed by atoms with Gasteiger partial charge in [0.2, 0.25) is 0 Å². The third-order valence-electron chi connectivity index (χ3n) is 5.81. The third kappa shape index (κ3) is 3.35. The number of nitrogens with zero attached hydrogens (tertiary/aromatic N) is 4. The number of phenols is 1. The Bertz CT molecular complexity index is 1430. The third-order valence-corrected chi connectivity index (χ3v) is 7.16. The number of thiocarbonyl (C=S) groups is 1. The number of nitrogens with one attached hydrogen (secondary N) is 1. The highest BCUT2D eigenvalue weighted by molar-refractivity contribution is 7.80. The maximum atomic E-state index is 10.7. The molecule has 0 amide bonds. The van der Waals surface area contributed by atoms with Crippen molar-refractivity contribution >= 4 is 44.6 Å². The summed E-state index contributed by atoms with van der Waals surface area (Å²) in [6.45, 7) is 0. The summed E-state index contributed by atoms with van der Waals surface area (Å²) >= 11 is 7.42. The number of fused-ring (bicyclic) bond motifs is 1. The van der Waals surface area contributed by atoms with Gasteiger partial charge in [-0.05, 0) is 60.7 Å². The predicted octanol–water partition coefficient (Wildman–Crippen LogP) is 5.36. The molecule has 1 aliphatic rings. The zero-order chi connectivity index (χ0) is 22.4. The van der Waals surface area contributed by atoms with Crippen molar-refractivity contribution in [3.63, 3.8) is 0 Å². The maximum Gasteiger partial charge on any atom is 0.194 e. The number of para-hydroxylation sites is 3. The first-order chi connectivity index (χ1) is 16.2. The van der Waals surface area contributed by atoms with E-state index in [2.05, 4.69) is 27.0 Å². The van der Waals surface area contributed by atoms with Crippen molar-refractivity contribution in [2.24, 2.45) is 0 Å². The van der Waals surface area contributed by atoms with E-state index in [1.807, 2.05) is 65.7 Å². The first kappa shape index (κ1) is 19.9. The Morgan fingerprint density at radius 3 is 2.58 bits per heavy atom. The van der Waals surface area contributed by atoms with Crippen LogP contribution in [0, 0.1) is 0 Å². The second-order valence-corrected chi connectivity index (χ2v) is 9.15. The molecule has 6 rings (SSSR count). The number of benzene rings is 2. The molecule has 0 saturated carbocycles. The van der Waals surface area contributed by atoms with Gasteiger partial charge >= 0.3 is 0 Å². The van der Waals surface area contributed by atoms with Crippen molar-refractivity contribution in [3.05, 3.63) is 103 Å². The summed E-state index contributed by atoms with van der Waals surface area (Å²) < 4.78 is 3.24. The maximum absolute atomic E-state index is 10.7. The van der Waals surface area contributed by atoms with Crippen LogP contribution in [0.15, 0.2) is 91.3 Å². The lowest BCUT2D eigenvalue weighted by Gasteiger charge is -2.28. The summed E-state index contributed by atoms with van der Waals surface area (Å²) in [6.07, 6.45) is 3.80. The van der Waals surface area contributed by atoms with Gasteiger partial charge < -0.3 is 15.3 Å². The van der Waals surface area contributed by atoms with Crippen LogP contribution in [-0.4, -0.2) is 24.8 Å². The van der Waals surface area contributed by atoms with E-state index < -0.39 is 0 Å². The Kier molecular flexibility index (Phi) is 4.82. The number of thiazole rings is 1. The first-order valence-corrected chi connectivity index (χ1v) is 11.7. The summed E-state index contributed by atoms with van der Waals surface area (Å²) in [5, 5.41) is 15.5. The SMILES string of the molecule is Oc1ccccc1N1C(=S)N[C@H](c2ccccn2)[C@H]1c1cccn1-c1nc2ccccc2s1. The number of phenolic OH excluding ortho intramolecular Hbond substituents is 1. The smallest absolute Gasteiger partial charge is 0.194 e. The minimum atomic E-state index is -0.247. The summed E-state index contributed by atoms with van der Waals surface area (Å²) in [4.78, 5) is 11.4. The average molecular weight is 470 g/mol. The van der Waals surface area contributed by atoms with Gasteiger partial charge in [0.25, 0.3) is 0 Å². The largest absolute Gasteiger partial charge is 0.506 e. The minimum absolute atomic E-state index is 0.173. The van der Waals surface area contributed by atoms with Crippen LogP contribution < -0.4 is 10.2 Å². The predicted molar refractivity (Wildman–Crippen MR) is 135 cm³/mol. The zero-order valence-electron chi connectivity index (χ0n) is 17.4. The number of rotatable bonds is 4. The van der Waals surface area contributed by atoms with Crippen LogP contribution in [0.25, 0.3) is 15.3 Å². The molecule has 0 spiro atoms. The molecule has 5 aromatic rings. The van der Waals surface area contributed by atoms with Crippen LogP contribution in [0.5, 0.6) is 5.75 Å². The summed E-state index contributed by atoms with van der Waals surface area (Å²) in [7, 11) is 0. The quantitative estimate of drug-likeness (QED) is 0.345. The normalized spacial score (nSPS) is 18.1. The van der Waals surface area contributed by atoms with Crippen LogP contribution in [0.3, 0.4) is 0 Å². The first-order valence-electron chi connectivity index (χ1n) is 10.5. The van der Waals surface area contributed by atoms with Crippen LogP contribution in [-0.2, 0) is 0 Å². The molecule has 8 heteroatoms. The lowest BCUT2D eigenvalue weighted by Crippen LogP contribution is -2.30. The molecule has 2 aromatic carbocycles. The summed E-state index contributed by atoms with van der Waals surface area (Å²) in [5.41, 5.74) is 3.49. The number of anilines is 1. The van der Waals surface area contributed by atoms with Crippen molar-refractivity contribution in [3.8, 4) is 10.9 Å². The number of hydrogen-bond donors (Lipinski definition) is 2. The van der Waals surface area contributed by atoms with Gasteiger partial charge in [0.05, 0.1) is 33.3 Å². The van der Waals surface area contributed by atoms with E-state index in [-0.39, 0.29) is 17.8 Å². The Morgan fingerprint density at radius 2 is 1.76 bits per heavy atom. The molecule has 2 atom stereocenters. The highest BCUT2D eigenvalue weighted by Gasteiger charge is 2.43. The van der Waals surface area contributed by atoms with Crippen molar-refractivity contribution in [1.82, 2.24) is 19.9 Å². The van der Waals surface area contributed by atoms with Crippen molar-refractivity contribution in [2.45, 2.75) is 12.1 Å². The molecule has 33 heavy (non-hydrogen) atoms. The molecular formula is C25H19N5OS2. The highest BCUT2D eigenvalue weighted by atomic mass is 32.1. The molecule has 0 radical (unpaired) electrons. The minimum Gasteiger partial charge on any atom is -0.506 e. The van der Waals surface area contributed by atoms with E-state index in [0.29, 0.717) is 10.8 Å². The van der Waals surface area contributed by atoms with Gasteiger partial charge in [0.15, 0.2) is 10.2 Å². The van der Waals surface area contributed by atoms with Gasteiger partial charge in [-0.1, -0.05) is 41.7 Å². The molecule has 1 fully saturated rings. The Balaban J connectivity index is 1.53. The number of pyridine rings is 1. The van der Waals surface area contributed by atoms with Crippen molar-refractivity contribution in [2.75, 3.05) is 4.90 Å². The van der Waals surface area contributed by atoms with Crippen molar-refractivity contribution < 1.29 is 5.11 Å². The molecule has 1 aliphatic heterocycles. The van der Waals surface area contributed by atoms with Crippen LogP contribution in [0.4, 0.5) is 5.69 Å². The number of aromatic hydroxyl groups is 1. The van der Waals surface area contributed by atoms with Crippen molar-refractivity contribution in [1.29, 1.82) is 0 Å². The molecule has 2 N–H and O–H groups in total. The highest BCUT2D eigenvalue weighted by Crippen LogP contribution is 2.44. The van der Waals surface area contributed by atoms with Gasteiger partial charge in [0.1, 0.15) is 11.8 Å². The number of aromatic nitrogens is 3. The van der Waals surface area contributed by atoms with E-state index in [1.165, 1.54) is 0 Å². The topological polar surface area (TPSA) is 66.2 Å². The van der Waals surface area contributed by atoms with E-state index in [1.54, 1.807) is 29.7 Å². The summed E-state index contributed by atoms with van der Waals surface area (Å²) in [6, 6.07) is 24.9. The molecule has 0 unspecified atom stereocenters. The van der Waals surface area contributed by atoms with E-state index in [9.17, 15) is 5.11 Å². The fraction of sp³-hybridized carbons (Fsp3) is 0.0800. The van der Waals surface area contributed by atoms with E-state index in [4.69, 9.17) is 17.2 Å². The standard InChI is InChI=1S/C25H19N5OS2/c31-20-12-3-2-10-18(20)30-23(22(28-24(30)32)17-9-5-6-14-26-17)19-11-7-15-29(19)25-27-16-8-1-4-13-21(16)33-25/h1-15,22-23,31H,(H,28,32)/t22-,23-/m1/s1. The van der Waals surface area contributed by atoms with Gasteiger partial charge in [-0.15, -0.1) is 0 Å². The Hall–Kier alpha value is -3.75. The van der Waals surface area contributed by atoms with Crippen LogP contribution >= 0.6 is 23.6 Å². The Morgan fingerprint density at radius 1 is 0.939 bits per heavy atom. The van der Waals surface area contributed by atoms with Gasteiger partial charge in [-0.25, -0.2) is 4.98 Å². The lowest BCUT2D eigenvalue weighted by molar-refractivity contribution is 0.472. The molecule has 0 bridgehead atoms. The lowest BCUT2D eigenvalue weighted by atomic mass is 10.0. The van der Waals surface area contributed by atoms with Gasteiger partial charge in [-0.3, -0.25) is 9.55 Å². The monoisotopic (exact) mass is 469 g/mol. The zero-order valence-corrected chi connectivity index (χ0v) is 19.0. The van der Waals surface area contributed by atoms with Gasteiger partial charge in [0, 0.05) is 12.4 Å². The van der Waals surface area contributed by atoms with E-state index >= 15 is 0 Å². The van der Waals surface area contributed by atoms with Gasteiger partial charge in [-0.2, -0.15) is 0 Å². The Labute approximate surface area is 199 Å². The fourth-order valence-corrected chi connectivity index (χ4v) is 5.66. The molecule has 162 valence electrons. The fourth-order valence-electron chi connectivity index (χ4n) is 4.36.